The van der Waals surface area contributed by atoms with Crippen LogP contribution in [-0.2, 0) is 9.84 Å². The van der Waals surface area contributed by atoms with Gasteiger partial charge in [0.2, 0.25) is 0 Å². The number of hydrogen-bond acceptors (Lipinski definition) is 4. The van der Waals surface area contributed by atoms with E-state index in [1.165, 1.54) is 0 Å². The van der Waals surface area contributed by atoms with Crippen LogP contribution in [0.4, 0.5) is 0 Å². The monoisotopic (exact) mass is 245 g/mol. The van der Waals surface area contributed by atoms with Crippen molar-refractivity contribution in [2.24, 2.45) is 5.73 Å². The standard InChI is InChI=1S/C11H19NO3S/c1-3-16(13,14)8-4-5-10(12)11-7-6-9(2)15-11/h6-7,10H,3-5,8,12H2,1-2H3. The molecule has 0 aliphatic rings. The topological polar surface area (TPSA) is 73.3 Å². The Morgan fingerprint density at radius 1 is 1.44 bits per heavy atom. The zero-order valence-electron chi connectivity index (χ0n) is 9.77. The molecule has 1 heterocycles. The van der Waals surface area contributed by atoms with Crippen molar-refractivity contribution in [2.75, 3.05) is 11.5 Å². The highest BCUT2D eigenvalue weighted by Gasteiger charge is 2.12. The maximum absolute atomic E-state index is 11.3. The molecule has 92 valence electrons. The van der Waals surface area contributed by atoms with E-state index in [-0.39, 0.29) is 17.5 Å². The van der Waals surface area contributed by atoms with Gasteiger partial charge in [-0.3, -0.25) is 0 Å². The van der Waals surface area contributed by atoms with Crippen LogP contribution in [0.1, 0.15) is 37.3 Å². The fraction of sp³-hybridized carbons (Fsp3) is 0.636. The van der Waals surface area contributed by atoms with Gasteiger partial charge in [-0.25, -0.2) is 8.42 Å². The van der Waals surface area contributed by atoms with Gasteiger partial charge in [-0.2, -0.15) is 0 Å². The van der Waals surface area contributed by atoms with Gasteiger partial charge in [0, 0.05) is 5.75 Å². The minimum absolute atomic E-state index is 0.197. The van der Waals surface area contributed by atoms with Crippen LogP contribution in [0.5, 0.6) is 0 Å². The van der Waals surface area contributed by atoms with Crippen LogP contribution in [0.3, 0.4) is 0 Å². The first-order valence-corrected chi connectivity index (χ1v) is 7.29. The van der Waals surface area contributed by atoms with Gasteiger partial charge in [0.25, 0.3) is 0 Å². The van der Waals surface area contributed by atoms with Crippen molar-refractivity contribution in [3.63, 3.8) is 0 Å². The SMILES string of the molecule is CCS(=O)(=O)CCCC(N)c1ccc(C)o1. The Balaban J connectivity index is 2.39. The molecule has 2 N–H and O–H groups in total. The normalized spacial score (nSPS) is 13.9. The third kappa shape index (κ3) is 3.98. The molecule has 0 fully saturated rings. The average molecular weight is 245 g/mol. The van der Waals surface area contributed by atoms with Crippen LogP contribution in [0.15, 0.2) is 16.5 Å². The third-order valence-electron chi connectivity index (χ3n) is 2.54. The maximum Gasteiger partial charge on any atom is 0.150 e. The smallest absolute Gasteiger partial charge is 0.150 e. The van der Waals surface area contributed by atoms with Crippen molar-refractivity contribution in [3.8, 4) is 0 Å². The average Bonchev–Trinajstić information content (AvgIpc) is 2.64. The van der Waals surface area contributed by atoms with Gasteiger partial charge >= 0.3 is 0 Å². The Labute approximate surface area is 96.7 Å². The van der Waals surface area contributed by atoms with E-state index in [0.29, 0.717) is 12.8 Å². The molecule has 1 rings (SSSR count). The molecule has 1 unspecified atom stereocenters. The molecule has 0 radical (unpaired) electrons. The summed E-state index contributed by atoms with van der Waals surface area (Å²) >= 11 is 0. The molecule has 0 saturated heterocycles. The predicted octanol–water partition coefficient (Wildman–Crippen LogP) is 1.80. The number of aryl methyl sites for hydroxylation is 1. The van der Waals surface area contributed by atoms with E-state index >= 15 is 0 Å². The first-order chi connectivity index (χ1) is 7.44. The quantitative estimate of drug-likeness (QED) is 0.829. The summed E-state index contributed by atoms with van der Waals surface area (Å²) in [7, 11) is -2.88. The van der Waals surface area contributed by atoms with Crippen molar-refractivity contribution in [1.82, 2.24) is 0 Å². The Bertz CT molecular complexity index is 422. The van der Waals surface area contributed by atoms with Gasteiger partial charge in [-0.1, -0.05) is 6.92 Å². The summed E-state index contributed by atoms with van der Waals surface area (Å²) in [5.74, 6) is 1.96. The number of nitrogens with two attached hydrogens (primary N) is 1. The van der Waals surface area contributed by atoms with Crippen LogP contribution in [0.25, 0.3) is 0 Å². The lowest BCUT2D eigenvalue weighted by Crippen LogP contribution is -2.13. The second kappa shape index (κ2) is 5.50. The molecule has 0 spiro atoms. The number of rotatable bonds is 6. The highest BCUT2D eigenvalue weighted by atomic mass is 32.2. The summed E-state index contributed by atoms with van der Waals surface area (Å²) in [6, 6.07) is 3.49. The second-order valence-electron chi connectivity index (χ2n) is 3.93. The zero-order chi connectivity index (χ0) is 12.2. The summed E-state index contributed by atoms with van der Waals surface area (Å²) in [5, 5.41) is 0. The summed E-state index contributed by atoms with van der Waals surface area (Å²) in [5.41, 5.74) is 5.89. The molecule has 1 aromatic rings. The third-order valence-corrected chi connectivity index (χ3v) is 4.33. The Hall–Kier alpha value is -0.810. The van der Waals surface area contributed by atoms with Crippen molar-refractivity contribution < 1.29 is 12.8 Å². The van der Waals surface area contributed by atoms with Crippen LogP contribution in [0.2, 0.25) is 0 Å². The van der Waals surface area contributed by atoms with Crippen LogP contribution < -0.4 is 5.73 Å². The van der Waals surface area contributed by atoms with Crippen LogP contribution in [-0.4, -0.2) is 19.9 Å². The van der Waals surface area contributed by atoms with Gasteiger partial charge in [0.15, 0.2) is 0 Å². The second-order valence-corrected chi connectivity index (χ2v) is 6.41. The molecule has 0 aliphatic carbocycles. The molecule has 16 heavy (non-hydrogen) atoms. The van der Waals surface area contributed by atoms with Crippen molar-refractivity contribution in [3.05, 3.63) is 23.7 Å². The van der Waals surface area contributed by atoms with E-state index in [1.54, 1.807) is 6.92 Å². The molecule has 0 bridgehead atoms. The van der Waals surface area contributed by atoms with E-state index in [4.69, 9.17) is 10.2 Å². The summed E-state index contributed by atoms with van der Waals surface area (Å²) in [6.07, 6.45) is 1.21. The van der Waals surface area contributed by atoms with Crippen molar-refractivity contribution in [1.29, 1.82) is 0 Å². The lowest BCUT2D eigenvalue weighted by atomic mass is 10.1. The summed E-state index contributed by atoms with van der Waals surface area (Å²) in [4.78, 5) is 0. The van der Waals surface area contributed by atoms with Crippen molar-refractivity contribution >= 4 is 9.84 Å². The molecular formula is C11H19NO3S. The maximum atomic E-state index is 11.3. The Morgan fingerprint density at radius 2 is 2.12 bits per heavy atom. The molecule has 0 amide bonds. The van der Waals surface area contributed by atoms with Gasteiger partial charge < -0.3 is 10.2 Å². The minimum atomic E-state index is -2.88. The largest absolute Gasteiger partial charge is 0.465 e. The van der Waals surface area contributed by atoms with Crippen LogP contribution >= 0.6 is 0 Å². The van der Waals surface area contributed by atoms with Crippen LogP contribution in [0, 0.1) is 6.92 Å². The number of hydrogen-bond donors (Lipinski definition) is 1. The highest BCUT2D eigenvalue weighted by molar-refractivity contribution is 7.91. The molecule has 0 saturated carbocycles. The Kier molecular flexibility index (Phi) is 4.56. The van der Waals surface area contributed by atoms with E-state index < -0.39 is 9.84 Å². The van der Waals surface area contributed by atoms with Gasteiger partial charge in [0.05, 0.1) is 11.8 Å². The molecule has 1 aromatic heterocycles. The lowest BCUT2D eigenvalue weighted by Gasteiger charge is -2.08. The van der Waals surface area contributed by atoms with Gasteiger partial charge in [0.1, 0.15) is 21.4 Å². The fourth-order valence-electron chi connectivity index (χ4n) is 1.46. The van der Waals surface area contributed by atoms with E-state index in [0.717, 1.165) is 11.5 Å². The highest BCUT2D eigenvalue weighted by Crippen LogP contribution is 2.18. The van der Waals surface area contributed by atoms with E-state index in [9.17, 15) is 8.42 Å². The molecule has 4 nitrogen and oxygen atoms in total. The first-order valence-electron chi connectivity index (χ1n) is 5.47. The van der Waals surface area contributed by atoms with E-state index in [1.807, 2.05) is 19.1 Å². The number of furan rings is 1. The molecule has 0 aromatic carbocycles. The molecule has 0 aliphatic heterocycles. The minimum Gasteiger partial charge on any atom is -0.465 e. The summed E-state index contributed by atoms with van der Waals surface area (Å²) in [6.45, 7) is 3.52. The van der Waals surface area contributed by atoms with Gasteiger partial charge in [-0.05, 0) is 31.9 Å². The Morgan fingerprint density at radius 3 is 2.62 bits per heavy atom. The predicted molar refractivity (Wildman–Crippen MR) is 63.9 cm³/mol. The molecule has 1 atom stereocenters. The molecule has 5 heteroatoms. The lowest BCUT2D eigenvalue weighted by molar-refractivity contribution is 0.432. The van der Waals surface area contributed by atoms with E-state index in [2.05, 4.69) is 0 Å². The zero-order valence-corrected chi connectivity index (χ0v) is 10.6. The van der Waals surface area contributed by atoms with Gasteiger partial charge in [-0.15, -0.1) is 0 Å². The first kappa shape index (κ1) is 13.3. The summed E-state index contributed by atoms with van der Waals surface area (Å²) < 4.78 is 27.9. The van der Waals surface area contributed by atoms with Crippen molar-refractivity contribution in [2.45, 2.75) is 32.7 Å². The number of sulfone groups is 1. The fourth-order valence-corrected chi connectivity index (χ4v) is 2.36. The molecular weight excluding hydrogens is 226 g/mol.